The molecule has 0 radical (unpaired) electrons. The highest BCUT2D eigenvalue weighted by molar-refractivity contribution is 6.26. The van der Waals surface area contributed by atoms with Gasteiger partial charge in [0.15, 0.2) is 5.95 Å². The average Bonchev–Trinajstić information content (AvgIpc) is 3.48. The van der Waals surface area contributed by atoms with Gasteiger partial charge in [0.25, 0.3) is 0 Å². The van der Waals surface area contributed by atoms with Crippen LogP contribution in [-0.4, -0.2) is 19.9 Å². The highest BCUT2D eigenvalue weighted by atomic mass is 15.0. The Labute approximate surface area is 185 Å². The lowest BCUT2D eigenvalue weighted by molar-refractivity contribution is 0.795. The van der Waals surface area contributed by atoms with Gasteiger partial charge in [-0.1, -0.05) is 62.4 Å². The summed E-state index contributed by atoms with van der Waals surface area (Å²) < 4.78 is 0. The summed E-state index contributed by atoms with van der Waals surface area (Å²) in [4.78, 5) is 15.3. The van der Waals surface area contributed by atoms with Gasteiger partial charge in [0.05, 0.1) is 23.8 Å². The second-order valence-electron chi connectivity index (χ2n) is 8.59. The Bertz CT molecular complexity index is 1600. The first kappa shape index (κ1) is 18.6. The second-order valence-corrected chi connectivity index (χ2v) is 8.59. The van der Waals surface area contributed by atoms with Crippen molar-refractivity contribution in [3.05, 3.63) is 78.9 Å². The quantitative estimate of drug-likeness (QED) is 0.283. The van der Waals surface area contributed by atoms with Crippen molar-refractivity contribution in [3.8, 4) is 22.5 Å². The van der Waals surface area contributed by atoms with Gasteiger partial charge in [-0.05, 0) is 44.5 Å². The number of benzene rings is 4. The summed E-state index contributed by atoms with van der Waals surface area (Å²) in [5, 5.41) is 7.39. The summed E-state index contributed by atoms with van der Waals surface area (Å²) in [5.41, 5.74) is 9.98. The zero-order chi connectivity index (χ0) is 21.8. The molecule has 0 unspecified atom stereocenters. The van der Waals surface area contributed by atoms with E-state index in [0.29, 0.717) is 11.9 Å². The Hall–Kier alpha value is -4.12. The smallest absolute Gasteiger partial charge is 0.197 e. The molecule has 0 amide bonds. The van der Waals surface area contributed by atoms with E-state index in [4.69, 9.17) is 5.73 Å². The number of anilines is 1. The summed E-state index contributed by atoms with van der Waals surface area (Å²) in [5.74, 6) is 1.80. The molecule has 32 heavy (non-hydrogen) atoms. The van der Waals surface area contributed by atoms with Crippen LogP contribution in [0.1, 0.15) is 25.6 Å². The van der Waals surface area contributed by atoms with Gasteiger partial charge in [-0.25, -0.2) is 9.97 Å². The normalized spacial score (nSPS) is 11.8. The number of fused-ring (bicyclic) bond motifs is 6. The summed E-state index contributed by atoms with van der Waals surface area (Å²) in [6.07, 6.45) is 3.71. The maximum absolute atomic E-state index is 5.80. The Kier molecular flexibility index (Phi) is 4.05. The minimum Gasteiger partial charge on any atom is -0.369 e. The molecule has 0 bridgehead atoms. The molecule has 0 saturated heterocycles. The number of nitrogens with two attached hydrogens (primary N) is 1. The Morgan fingerprint density at radius 2 is 1.19 bits per heavy atom. The van der Waals surface area contributed by atoms with E-state index in [9.17, 15) is 0 Å². The number of rotatable bonds is 3. The summed E-state index contributed by atoms with van der Waals surface area (Å²) in [6, 6.07) is 21.8. The summed E-state index contributed by atoms with van der Waals surface area (Å²) in [6.45, 7) is 4.29. The lowest BCUT2D eigenvalue weighted by Gasteiger charge is -2.12. The minimum atomic E-state index is 0.369. The fourth-order valence-corrected chi connectivity index (χ4v) is 4.55. The average molecular weight is 418 g/mol. The molecule has 2 aromatic heterocycles. The predicted octanol–water partition coefficient (Wildman–Crippen LogP) is 6.63. The molecule has 4 aromatic carbocycles. The molecule has 6 rings (SSSR count). The van der Waals surface area contributed by atoms with Crippen LogP contribution in [0.15, 0.2) is 73.1 Å². The van der Waals surface area contributed by atoms with Crippen LogP contribution in [0.2, 0.25) is 0 Å². The van der Waals surface area contributed by atoms with E-state index in [1.807, 2.05) is 6.20 Å². The molecule has 0 saturated carbocycles. The van der Waals surface area contributed by atoms with Crippen LogP contribution >= 0.6 is 0 Å². The van der Waals surface area contributed by atoms with Gasteiger partial charge in [-0.15, -0.1) is 0 Å². The molecule has 5 nitrogen and oxygen atoms in total. The van der Waals surface area contributed by atoms with E-state index in [-0.39, 0.29) is 0 Å². The van der Waals surface area contributed by atoms with Crippen LogP contribution in [-0.2, 0) is 0 Å². The Morgan fingerprint density at radius 1 is 0.656 bits per heavy atom. The second kappa shape index (κ2) is 6.95. The van der Waals surface area contributed by atoms with E-state index >= 15 is 0 Å². The van der Waals surface area contributed by atoms with Gasteiger partial charge in [0.1, 0.15) is 5.82 Å². The number of H-pyrrole nitrogens is 2. The van der Waals surface area contributed by atoms with Crippen molar-refractivity contribution in [3.63, 3.8) is 0 Å². The number of hydrogen-bond donors (Lipinski definition) is 3. The molecule has 5 heteroatoms. The monoisotopic (exact) mass is 417 g/mol. The maximum atomic E-state index is 5.80. The van der Waals surface area contributed by atoms with Gasteiger partial charge in [0.2, 0.25) is 0 Å². The molecule has 0 spiro atoms. The zero-order valence-corrected chi connectivity index (χ0v) is 18.0. The zero-order valence-electron chi connectivity index (χ0n) is 18.0. The first-order valence-electron chi connectivity index (χ1n) is 10.8. The van der Waals surface area contributed by atoms with Crippen LogP contribution in [0.5, 0.6) is 0 Å². The Morgan fingerprint density at radius 3 is 1.69 bits per heavy atom. The fourth-order valence-electron chi connectivity index (χ4n) is 4.55. The van der Waals surface area contributed by atoms with Gasteiger partial charge in [-0.3, -0.25) is 0 Å². The molecule has 0 fully saturated rings. The van der Waals surface area contributed by atoms with E-state index in [1.54, 1.807) is 6.20 Å². The van der Waals surface area contributed by atoms with Gasteiger partial charge in [0, 0.05) is 17.0 Å². The minimum absolute atomic E-state index is 0.369. The van der Waals surface area contributed by atoms with Crippen molar-refractivity contribution >= 4 is 38.3 Å². The van der Waals surface area contributed by atoms with Crippen molar-refractivity contribution in [1.29, 1.82) is 0 Å². The van der Waals surface area contributed by atoms with Crippen molar-refractivity contribution < 1.29 is 0 Å². The third kappa shape index (κ3) is 2.86. The Balaban J connectivity index is 1.62. The summed E-state index contributed by atoms with van der Waals surface area (Å²) >= 11 is 0. The van der Waals surface area contributed by atoms with E-state index < -0.39 is 0 Å². The molecule has 0 aliphatic rings. The van der Waals surface area contributed by atoms with Crippen molar-refractivity contribution in [2.24, 2.45) is 0 Å². The third-order valence-corrected chi connectivity index (χ3v) is 6.20. The molecule has 4 N–H and O–H groups in total. The van der Waals surface area contributed by atoms with E-state index in [2.05, 4.69) is 94.4 Å². The molecule has 0 aliphatic heterocycles. The molecule has 0 atom stereocenters. The van der Waals surface area contributed by atoms with Crippen LogP contribution in [0.3, 0.4) is 0 Å². The van der Waals surface area contributed by atoms with Crippen molar-refractivity contribution in [2.45, 2.75) is 19.8 Å². The summed E-state index contributed by atoms with van der Waals surface area (Å²) in [7, 11) is 0. The molecule has 156 valence electrons. The number of aromatic amines is 2. The van der Waals surface area contributed by atoms with Crippen LogP contribution < -0.4 is 5.73 Å². The lowest BCUT2D eigenvalue weighted by atomic mass is 9.91. The number of nitrogens with one attached hydrogen (secondary N) is 2. The molecular formula is C27H23N5. The molecular weight excluding hydrogens is 394 g/mol. The fraction of sp³-hybridized carbons (Fsp3) is 0.111. The number of hydrogen-bond acceptors (Lipinski definition) is 3. The third-order valence-electron chi connectivity index (χ3n) is 6.20. The van der Waals surface area contributed by atoms with E-state index in [0.717, 1.165) is 28.3 Å². The van der Waals surface area contributed by atoms with Crippen molar-refractivity contribution in [2.75, 3.05) is 5.73 Å². The molecule has 0 aliphatic carbocycles. The first-order valence-corrected chi connectivity index (χ1v) is 10.8. The number of nitrogen functional groups attached to an aromatic ring is 1. The largest absolute Gasteiger partial charge is 0.369 e. The molecule has 2 heterocycles. The first-order chi connectivity index (χ1) is 15.6. The highest BCUT2D eigenvalue weighted by Gasteiger charge is 2.13. The topological polar surface area (TPSA) is 83.4 Å². The molecule has 6 aromatic rings. The maximum Gasteiger partial charge on any atom is 0.197 e. The predicted molar refractivity (Wildman–Crippen MR) is 133 cm³/mol. The number of nitrogens with zero attached hydrogens (tertiary/aromatic N) is 2. The van der Waals surface area contributed by atoms with Crippen LogP contribution in [0, 0.1) is 0 Å². The van der Waals surface area contributed by atoms with E-state index in [1.165, 1.54) is 32.3 Å². The lowest BCUT2D eigenvalue weighted by Crippen LogP contribution is -1.89. The standard InChI is InChI=1S/C27H23N5/c1-15(2)26-29-13-24(31-26)16-7-9-20-21-10-8-17(25-14-30-27(28)32-25)12-23(21)19-6-4-3-5-18(19)22(20)11-16/h3-15H,1-2H3,(H,29,31)(H3,28,30,32). The SMILES string of the molecule is CC(C)c1ncc(-c2ccc3c4ccc(-c5cnc(N)[nH]5)cc4c4ccccc4c3c2)[nH]1. The van der Waals surface area contributed by atoms with Crippen LogP contribution in [0.25, 0.3) is 54.8 Å². The van der Waals surface area contributed by atoms with Gasteiger partial charge < -0.3 is 15.7 Å². The highest BCUT2D eigenvalue weighted by Crippen LogP contribution is 2.38. The van der Waals surface area contributed by atoms with Crippen molar-refractivity contribution in [1.82, 2.24) is 19.9 Å². The van der Waals surface area contributed by atoms with Gasteiger partial charge in [-0.2, -0.15) is 0 Å². The van der Waals surface area contributed by atoms with Gasteiger partial charge >= 0.3 is 0 Å². The number of aromatic nitrogens is 4. The van der Waals surface area contributed by atoms with Crippen LogP contribution in [0.4, 0.5) is 5.95 Å². The number of imidazole rings is 2.